The molecule has 2 rings (SSSR count). The monoisotopic (exact) mass is 311 g/mol. The van der Waals surface area contributed by atoms with Crippen LogP contribution in [0.2, 0.25) is 0 Å². The summed E-state index contributed by atoms with van der Waals surface area (Å²) in [7, 11) is 0. The van der Waals surface area contributed by atoms with E-state index < -0.39 is 5.97 Å². The quantitative estimate of drug-likeness (QED) is 0.920. The Labute approximate surface area is 116 Å². The summed E-state index contributed by atoms with van der Waals surface area (Å²) < 4.78 is 0.864. The number of aromatic carboxylic acids is 1. The maximum absolute atomic E-state index is 11.3. The van der Waals surface area contributed by atoms with Crippen molar-refractivity contribution in [2.24, 2.45) is 5.41 Å². The average Bonchev–Trinajstić information content (AvgIpc) is 2.30. The van der Waals surface area contributed by atoms with Crippen molar-refractivity contribution in [2.45, 2.75) is 26.7 Å². The smallest absolute Gasteiger partial charge is 0.337 e. The van der Waals surface area contributed by atoms with E-state index >= 15 is 0 Å². The van der Waals surface area contributed by atoms with Crippen molar-refractivity contribution in [3.8, 4) is 0 Å². The van der Waals surface area contributed by atoms with E-state index in [1.54, 1.807) is 12.1 Å². The van der Waals surface area contributed by atoms with Gasteiger partial charge in [-0.1, -0.05) is 19.9 Å². The predicted molar refractivity (Wildman–Crippen MR) is 76.3 cm³/mol. The molecule has 4 heteroatoms. The molecule has 1 aliphatic rings. The normalized spacial score (nSPS) is 17.4. The van der Waals surface area contributed by atoms with Gasteiger partial charge in [-0.25, -0.2) is 4.79 Å². The highest BCUT2D eigenvalue weighted by Crippen LogP contribution is 2.43. The SMILES string of the molecule is CCC1(CC)CN(c2c(Br)cccc2C(=O)O)C1. The molecule has 0 saturated carbocycles. The third-order valence-electron chi connectivity index (χ3n) is 4.09. The molecule has 0 aliphatic carbocycles. The van der Waals surface area contributed by atoms with E-state index in [1.165, 1.54) is 0 Å². The van der Waals surface area contributed by atoms with Crippen LogP contribution < -0.4 is 4.90 Å². The van der Waals surface area contributed by atoms with Crippen LogP contribution in [0.3, 0.4) is 0 Å². The van der Waals surface area contributed by atoms with E-state index in [0.717, 1.165) is 36.1 Å². The fourth-order valence-corrected chi connectivity index (χ4v) is 3.25. The molecule has 1 N–H and O–H groups in total. The number of anilines is 1. The summed E-state index contributed by atoms with van der Waals surface area (Å²) in [5, 5.41) is 9.26. The van der Waals surface area contributed by atoms with Crippen molar-refractivity contribution in [3.63, 3.8) is 0 Å². The molecule has 1 aromatic carbocycles. The van der Waals surface area contributed by atoms with Gasteiger partial charge in [-0.15, -0.1) is 0 Å². The number of nitrogens with zero attached hydrogens (tertiary/aromatic N) is 1. The van der Waals surface area contributed by atoms with Crippen LogP contribution in [-0.2, 0) is 0 Å². The lowest BCUT2D eigenvalue weighted by Crippen LogP contribution is -2.56. The van der Waals surface area contributed by atoms with Crippen molar-refractivity contribution in [1.29, 1.82) is 0 Å². The van der Waals surface area contributed by atoms with E-state index in [4.69, 9.17) is 0 Å². The summed E-state index contributed by atoms with van der Waals surface area (Å²) in [6.07, 6.45) is 2.29. The molecule has 1 aromatic rings. The fourth-order valence-electron chi connectivity index (χ4n) is 2.63. The molecular weight excluding hydrogens is 294 g/mol. The Hall–Kier alpha value is -1.03. The molecule has 3 nitrogen and oxygen atoms in total. The highest BCUT2D eigenvalue weighted by Gasteiger charge is 2.41. The maximum Gasteiger partial charge on any atom is 0.337 e. The van der Waals surface area contributed by atoms with Crippen LogP contribution in [0.15, 0.2) is 22.7 Å². The van der Waals surface area contributed by atoms with Crippen LogP contribution >= 0.6 is 15.9 Å². The second-order valence-corrected chi connectivity index (χ2v) is 5.86. The number of rotatable bonds is 4. The van der Waals surface area contributed by atoms with Crippen LogP contribution in [0.1, 0.15) is 37.0 Å². The molecular formula is C14H18BrNO2. The van der Waals surface area contributed by atoms with Gasteiger partial charge in [-0.2, -0.15) is 0 Å². The highest BCUT2D eigenvalue weighted by atomic mass is 79.9. The first-order chi connectivity index (χ1) is 8.53. The lowest BCUT2D eigenvalue weighted by atomic mass is 9.75. The number of hydrogen-bond acceptors (Lipinski definition) is 2. The molecule has 0 spiro atoms. The maximum atomic E-state index is 11.3. The molecule has 0 unspecified atom stereocenters. The molecule has 1 aliphatic heterocycles. The Morgan fingerprint density at radius 1 is 1.39 bits per heavy atom. The number of carboxylic acid groups (broad SMARTS) is 1. The predicted octanol–water partition coefficient (Wildman–Crippen LogP) is 3.77. The van der Waals surface area contributed by atoms with Gasteiger partial charge in [0, 0.05) is 23.0 Å². The van der Waals surface area contributed by atoms with Crippen LogP contribution in [0, 0.1) is 5.41 Å². The average molecular weight is 312 g/mol. The van der Waals surface area contributed by atoms with E-state index in [2.05, 4.69) is 34.7 Å². The molecule has 0 atom stereocenters. The Bertz CT molecular complexity index is 461. The first-order valence-electron chi connectivity index (χ1n) is 6.30. The number of halogens is 1. The Balaban J connectivity index is 2.29. The number of hydrogen-bond donors (Lipinski definition) is 1. The van der Waals surface area contributed by atoms with E-state index in [0.29, 0.717) is 11.0 Å². The summed E-state index contributed by atoms with van der Waals surface area (Å²) >= 11 is 3.47. The number of para-hydroxylation sites is 1. The number of carbonyl (C=O) groups is 1. The van der Waals surface area contributed by atoms with Gasteiger partial charge in [0.25, 0.3) is 0 Å². The minimum absolute atomic E-state index is 0.366. The van der Waals surface area contributed by atoms with Crippen LogP contribution in [0.5, 0.6) is 0 Å². The highest BCUT2D eigenvalue weighted by molar-refractivity contribution is 9.10. The zero-order valence-electron chi connectivity index (χ0n) is 10.7. The molecule has 0 radical (unpaired) electrons. The standard InChI is InChI=1S/C14H18BrNO2/c1-3-14(4-2)8-16(9-14)12-10(13(17)18)6-5-7-11(12)15/h5-7H,3-4,8-9H2,1-2H3,(H,17,18). The Morgan fingerprint density at radius 3 is 2.50 bits per heavy atom. The molecule has 0 amide bonds. The summed E-state index contributed by atoms with van der Waals surface area (Å²) in [6.45, 7) is 6.31. The minimum atomic E-state index is -0.864. The minimum Gasteiger partial charge on any atom is -0.478 e. The summed E-state index contributed by atoms with van der Waals surface area (Å²) in [5.41, 5.74) is 1.57. The van der Waals surface area contributed by atoms with E-state index in [9.17, 15) is 9.90 Å². The van der Waals surface area contributed by atoms with Gasteiger partial charge < -0.3 is 10.0 Å². The van der Waals surface area contributed by atoms with Crippen molar-refractivity contribution in [3.05, 3.63) is 28.2 Å². The fraction of sp³-hybridized carbons (Fsp3) is 0.500. The molecule has 0 bridgehead atoms. The third-order valence-corrected chi connectivity index (χ3v) is 4.73. The van der Waals surface area contributed by atoms with Gasteiger partial charge in [0.1, 0.15) is 0 Å². The second kappa shape index (κ2) is 4.92. The molecule has 1 fully saturated rings. The van der Waals surface area contributed by atoms with Crippen LogP contribution in [-0.4, -0.2) is 24.2 Å². The Morgan fingerprint density at radius 2 is 2.00 bits per heavy atom. The Kier molecular flexibility index (Phi) is 3.66. The van der Waals surface area contributed by atoms with Gasteiger partial charge >= 0.3 is 5.97 Å². The van der Waals surface area contributed by atoms with Crippen molar-refractivity contribution >= 4 is 27.6 Å². The molecule has 98 valence electrons. The van der Waals surface area contributed by atoms with E-state index in [-0.39, 0.29) is 0 Å². The van der Waals surface area contributed by atoms with Gasteiger partial charge in [0.2, 0.25) is 0 Å². The number of benzene rings is 1. The first-order valence-corrected chi connectivity index (χ1v) is 7.09. The molecule has 1 saturated heterocycles. The topological polar surface area (TPSA) is 40.5 Å². The molecule has 0 aromatic heterocycles. The van der Waals surface area contributed by atoms with Crippen molar-refractivity contribution in [1.82, 2.24) is 0 Å². The summed E-state index contributed by atoms with van der Waals surface area (Å²) in [6, 6.07) is 5.34. The van der Waals surface area contributed by atoms with Gasteiger partial charge in [0.05, 0.1) is 11.3 Å². The first kappa shape index (κ1) is 13.4. The van der Waals surface area contributed by atoms with Crippen molar-refractivity contribution in [2.75, 3.05) is 18.0 Å². The van der Waals surface area contributed by atoms with Gasteiger partial charge in [0.15, 0.2) is 0 Å². The van der Waals surface area contributed by atoms with E-state index in [1.807, 2.05) is 6.07 Å². The van der Waals surface area contributed by atoms with Crippen LogP contribution in [0.25, 0.3) is 0 Å². The summed E-state index contributed by atoms with van der Waals surface area (Å²) in [5.74, 6) is -0.864. The summed E-state index contributed by atoms with van der Waals surface area (Å²) in [4.78, 5) is 13.4. The molecule has 18 heavy (non-hydrogen) atoms. The van der Waals surface area contributed by atoms with Crippen molar-refractivity contribution < 1.29 is 9.90 Å². The largest absolute Gasteiger partial charge is 0.478 e. The lowest BCUT2D eigenvalue weighted by Gasteiger charge is -2.51. The van der Waals surface area contributed by atoms with Gasteiger partial charge in [-0.05, 0) is 40.9 Å². The lowest BCUT2D eigenvalue weighted by molar-refractivity contribution is 0.0696. The number of carboxylic acids is 1. The van der Waals surface area contributed by atoms with Gasteiger partial charge in [-0.3, -0.25) is 0 Å². The third kappa shape index (κ3) is 2.14. The van der Waals surface area contributed by atoms with Crippen LogP contribution in [0.4, 0.5) is 5.69 Å². The zero-order valence-corrected chi connectivity index (χ0v) is 12.3. The zero-order chi connectivity index (χ0) is 13.3. The second-order valence-electron chi connectivity index (χ2n) is 5.00. The molecule has 1 heterocycles.